The van der Waals surface area contributed by atoms with E-state index in [-0.39, 0.29) is 54.9 Å². The smallest absolute Gasteiger partial charge is 0.187 e. The molecular formula is C21H42O6. The first kappa shape index (κ1) is 24.8. The van der Waals surface area contributed by atoms with Gasteiger partial charge in [0.1, 0.15) is 24.4 Å². The Balaban J connectivity index is 3.19. The molecule has 6 heteroatoms. The van der Waals surface area contributed by atoms with E-state index in [9.17, 15) is 0 Å². The maximum atomic E-state index is 6.31. The second kappa shape index (κ2) is 11.7. The van der Waals surface area contributed by atoms with E-state index in [2.05, 4.69) is 0 Å². The van der Waals surface area contributed by atoms with E-state index in [0.717, 1.165) is 0 Å². The normalized spacial score (nSPS) is 29.7. The summed E-state index contributed by atoms with van der Waals surface area (Å²) in [5.74, 6) is 0. The molecule has 1 heterocycles. The van der Waals surface area contributed by atoms with Crippen LogP contribution < -0.4 is 0 Å². The first-order valence-electron chi connectivity index (χ1n) is 10.4. The van der Waals surface area contributed by atoms with Crippen LogP contribution in [-0.2, 0) is 28.4 Å². The van der Waals surface area contributed by atoms with Gasteiger partial charge in [0.05, 0.1) is 37.1 Å². The summed E-state index contributed by atoms with van der Waals surface area (Å²) in [6.07, 6.45) is -1.66. The van der Waals surface area contributed by atoms with Crippen molar-refractivity contribution in [3.05, 3.63) is 0 Å². The average molecular weight is 391 g/mol. The SMILES string of the molecule is CC(C)OC[C@H]1OC(OC(C)C)[C@H](OC(C)C)[C@H](OC(C)C)[C@@H]1OC(C)C. The Morgan fingerprint density at radius 1 is 0.556 bits per heavy atom. The van der Waals surface area contributed by atoms with Crippen LogP contribution in [0.2, 0.25) is 0 Å². The van der Waals surface area contributed by atoms with Crippen molar-refractivity contribution in [3.8, 4) is 0 Å². The number of ether oxygens (including phenoxy) is 6. The van der Waals surface area contributed by atoms with E-state index in [1.165, 1.54) is 0 Å². The minimum Gasteiger partial charge on any atom is -0.376 e. The summed E-state index contributed by atoms with van der Waals surface area (Å²) in [5.41, 5.74) is 0. The standard InChI is InChI=1S/C21H42O6/c1-12(2)22-11-17-18(23-13(3)4)19(24-14(5)6)20(25-15(7)8)21(27-17)26-16(9)10/h12-21H,11H2,1-10H3/t17-,18-,19-,20-,21?/m1/s1. The van der Waals surface area contributed by atoms with Crippen molar-refractivity contribution in [1.29, 1.82) is 0 Å². The summed E-state index contributed by atoms with van der Waals surface area (Å²) in [5, 5.41) is 0. The summed E-state index contributed by atoms with van der Waals surface area (Å²) in [6, 6.07) is 0. The minimum atomic E-state index is -0.538. The van der Waals surface area contributed by atoms with Crippen molar-refractivity contribution >= 4 is 0 Å². The molecule has 6 nitrogen and oxygen atoms in total. The summed E-state index contributed by atoms with van der Waals surface area (Å²) in [4.78, 5) is 0. The number of rotatable bonds is 11. The fourth-order valence-electron chi connectivity index (χ4n) is 3.08. The highest BCUT2D eigenvalue weighted by Gasteiger charge is 2.50. The molecule has 162 valence electrons. The monoisotopic (exact) mass is 390 g/mol. The van der Waals surface area contributed by atoms with E-state index in [1.807, 2.05) is 69.2 Å². The van der Waals surface area contributed by atoms with Crippen molar-refractivity contribution in [2.45, 2.75) is 130 Å². The Morgan fingerprint density at radius 3 is 1.44 bits per heavy atom. The molecule has 1 unspecified atom stereocenters. The molecule has 0 N–H and O–H groups in total. The Hall–Kier alpha value is -0.240. The molecular weight excluding hydrogens is 348 g/mol. The molecule has 0 aromatic heterocycles. The molecule has 0 saturated carbocycles. The van der Waals surface area contributed by atoms with Crippen molar-refractivity contribution in [2.75, 3.05) is 6.61 Å². The average Bonchev–Trinajstić information content (AvgIpc) is 2.49. The third-order valence-corrected chi connectivity index (χ3v) is 3.88. The molecule has 0 spiro atoms. The molecule has 0 bridgehead atoms. The van der Waals surface area contributed by atoms with Crippen LogP contribution in [0.3, 0.4) is 0 Å². The highest BCUT2D eigenvalue weighted by atomic mass is 16.7. The van der Waals surface area contributed by atoms with Gasteiger partial charge in [-0.15, -0.1) is 0 Å². The van der Waals surface area contributed by atoms with Gasteiger partial charge >= 0.3 is 0 Å². The number of hydrogen-bond donors (Lipinski definition) is 0. The number of hydrogen-bond acceptors (Lipinski definition) is 6. The van der Waals surface area contributed by atoms with Crippen molar-refractivity contribution in [1.82, 2.24) is 0 Å². The van der Waals surface area contributed by atoms with Crippen LogP contribution in [0.4, 0.5) is 0 Å². The first-order chi connectivity index (χ1) is 12.5. The van der Waals surface area contributed by atoms with E-state index in [0.29, 0.717) is 6.61 Å². The lowest BCUT2D eigenvalue weighted by Gasteiger charge is -2.47. The predicted molar refractivity (Wildman–Crippen MR) is 106 cm³/mol. The molecule has 1 aliphatic rings. The molecule has 27 heavy (non-hydrogen) atoms. The van der Waals surface area contributed by atoms with Gasteiger partial charge in [-0.2, -0.15) is 0 Å². The van der Waals surface area contributed by atoms with Gasteiger partial charge in [0, 0.05) is 0 Å². The zero-order valence-corrected chi connectivity index (χ0v) is 18.9. The molecule has 0 aromatic rings. The zero-order chi connectivity index (χ0) is 20.7. The van der Waals surface area contributed by atoms with Gasteiger partial charge in [-0.05, 0) is 69.2 Å². The van der Waals surface area contributed by atoms with Crippen LogP contribution in [0.1, 0.15) is 69.2 Å². The summed E-state index contributed by atoms with van der Waals surface area (Å²) < 4.78 is 37.0. The summed E-state index contributed by atoms with van der Waals surface area (Å²) in [7, 11) is 0. The quantitative estimate of drug-likeness (QED) is 0.533. The molecule has 0 radical (unpaired) electrons. The highest BCUT2D eigenvalue weighted by Crippen LogP contribution is 2.32. The van der Waals surface area contributed by atoms with Crippen LogP contribution >= 0.6 is 0 Å². The highest BCUT2D eigenvalue weighted by molar-refractivity contribution is 4.94. The Bertz CT molecular complexity index is 396. The topological polar surface area (TPSA) is 55.4 Å². The fraction of sp³-hybridized carbons (Fsp3) is 1.00. The molecule has 1 aliphatic heterocycles. The van der Waals surface area contributed by atoms with Crippen LogP contribution in [0.25, 0.3) is 0 Å². The van der Waals surface area contributed by atoms with Crippen LogP contribution in [0.5, 0.6) is 0 Å². The van der Waals surface area contributed by atoms with Gasteiger partial charge < -0.3 is 28.4 Å². The lowest BCUT2D eigenvalue weighted by atomic mass is 9.97. The second-order valence-electron chi connectivity index (χ2n) is 8.56. The fourth-order valence-corrected chi connectivity index (χ4v) is 3.08. The molecule has 0 aliphatic carbocycles. The molecule has 1 rings (SSSR count). The molecule has 5 atom stereocenters. The maximum absolute atomic E-state index is 6.31. The lowest BCUT2D eigenvalue weighted by molar-refractivity contribution is -0.340. The van der Waals surface area contributed by atoms with Crippen molar-refractivity contribution in [2.24, 2.45) is 0 Å². The van der Waals surface area contributed by atoms with Gasteiger partial charge in [0.25, 0.3) is 0 Å². The predicted octanol–water partition coefficient (Wildman–Crippen LogP) is 3.94. The Labute approximate surface area is 166 Å². The minimum absolute atomic E-state index is 0.00203. The largest absolute Gasteiger partial charge is 0.376 e. The molecule has 0 amide bonds. The van der Waals surface area contributed by atoms with Crippen LogP contribution in [0, 0.1) is 0 Å². The van der Waals surface area contributed by atoms with E-state index >= 15 is 0 Å². The summed E-state index contributed by atoms with van der Waals surface area (Å²) >= 11 is 0. The Morgan fingerprint density at radius 2 is 1.00 bits per heavy atom. The maximum Gasteiger partial charge on any atom is 0.187 e. The van der Waals surface area contributed by atoms with Gasteiger partial charge in [-0.25, -0.2) is 0 Å². The molecule has 1 saturated heterocycles. The van der Waals surface area contributed by atoms with E-state index < -0.39 is 6.29 Å². The van der Waals surface area contributed by atoms with Crippen molar-refractivity contribution < 1.29 is 28.4 Å². The second-order valence-corrected chi connectivity index (χ2v) is 8.56. The van der Waals surface area contributed by atoms with Gasteiger partial charge in [-0.1, -0.05) is 0 Å². The van der Waals surface area contributed by atoms with Gasteiger partial charge in [-0.3, -0.25) is 0 Å². The Kier molecular flexibility index (Phi) is 10.7. The van der Waals surface area contributed by atoms with E-state index in [1.54, 1.807) is 0 Å². The lowest BCUT2D eigenvalue weighted by Crippen LogP contribution is -2.63. The van der Waals surface area contributed by atoms with Crippen LogP contribution in [-0.4, -0.2) is 67.8 Å². The molecule has 0 aromatic carbocycles. The van der Waals surface area contributed by atoms with Crippen molar-refractivity contribution in [3.63, 3.8) is 0 Å². The van der Waals surface area contributed by atoms with E-state index in [4.69, 9.17) is 28.4 Å². The summed E-state index contributed by atoms with van der Waals surface area (Å²) in [6.45, 7) is 20.5. The third kappa shape index (κ3) is 8.75. The first-order valence-corrected chi connectivity index (χ1v) is 10.4. The molecule has 1 fully saturated rings. The zero-order valence-electron chi connectivity index (χ0n) is 18.9. The van der Waals surface area contributed by atoms with Gasteiger partial charge in [0.15, 0.2) is 6.29 Å². The van der Waals surface area contributed by atoms with Gasteiger partial charge in [0.2, 0.25) is 0 Å². The third-order valence-electron chi connectivity index (χ3n) is 3.88. The van der Waals surface area contributed by atoms with Crippen LogP contribution in [0.15, 0.2) is 0 Å².